The van der Waals surface area contributed by atoms with Crippen LogP contribution in [0.15, 0.2) is 0 Å². The second-order valence-electron chi connectivity index (χ2n) is 3.95. The highest BCUT2D eigenvalue weighted by atomic mass is 15.1. The highest BCUT2D eigenvalue weighted by molar-refractivity contribution is 5.79. The van der Waals surface area contributed by atoms with Gasteiger partial charge in [0.1, 0.15) is 0 Å². The van der Waals surface area contributed by atoms with Gasteiger partial charge in [-0.3, -0.25) is 5.41 Å². The maximum absolute atomic E-state index is 7.32. The van der Waals surface area contributed by atoms with E-state index in [1.54, 1.807) is 0 Å². The van der Waals surface area contributed by atoms with Gasteiger partial charge in [0, 0.05) is 18.5 Å². The molecule has 0 aliphatic rings. The Labute approximate surface area is 81.8 Å². The third-order valence-electron chi connectivity index (χ3n) is 2.28. The van der Waals surface area contributed by atoms with Crippen molar-refractivity contribution in [2.24, 2.45) is 11.7 Å². The van der Waals surface area contributed by atoms with Crippen molar-refractivity contribution in [2.45, 2.75) is 40.2 Å². The summed E-state index contributed by atoms with van der Waals surface area (Å²) in [5.74, 6) is 0.468. The van der Waals surface area contributed by atoms with Crippen molar-refractivity contribution < 1.29 is 0 Å². The predicted octanol–water partition coefficient (Wildman–Crippen LogP) is 1.68. The maximum Gasteiger partial charge on any atom is 0.0947 e. The zero-order chi connectivity index (χ0) is 10.4. The average Bonchev–Trinajstić information content (AvgIpc) is 2.03. The van der Waals surface area contributed by atoms with Crippen molar-refractivity contribution in [3.8, 4) is 0 Å². The standard InChI is InChI=1S/C10H23N3/c1-5-6-13(8(2)3)7-9(4)10(11)12/h8-9H,5-7H2,1-4H3,(H3,11,12). The third kappa shape index (κ3) is 4.88. The summed E-state index contributed by atoms with van der Waals surface area (Å²) in [5, 5.41) is 7.32. The smallest absolute Gasteiger partial charge is 0.0947 e. The highest BCUT2D eigenvalue weighted by Gasteiger charge is 2.13. The van der Waals surface area contributed by atoms with Crippen LogP contribution in [0.2, 0.25) is 0 Å². The molecule has 0 amide bonds. The molecular weight excluding hydrogens is 162 g/mol. The average molecular weight is 185 g/mol. The minimum absolute atomic E-state index is 0.175. The number of nitrogens with two attached hydrogens (primary N) is 1. The van der Waals surface area contributed by atoms with Crippen molar-refractivity contribution in [3.63, 3.8) is 0 Å². The Morgan fingerprint density at radius 1 is 1.38 bits per heavy atom. The lowest BCUT2D eigenvalue weighted by Gasteiger charge is -2.28. The van der Waals surface area contributed by atoms with E-state index in [4.69, 9.17) is 11.1 Å². The van der Waals surface area contributed by atoms with E-state index in [1.807, 2.05) is 6.92 Å². The predicted molar refractivity (Wildman–Crippen MR) is 58.1 cm³/mol. The number of hydrogen-bond donors (Lipinski definition) is 2. The molecule has 0 aliphatic heterocycles. The zero-order valence-corrected chi connectivity index (χ0v) is 9.30. The molecule has 3 heteroatoms. The number of rotatable bonds is 6. The van der Waals surface area contributed by atoms with Crippen molar-refractivity contribution in [1.29, 1.82) is 5.41 Å². The molecule has 0 saturated carbocycles. The van der Waals surface area contributed by atoms with Crippen LogP contribution in [0, 0.1) is 11.3 Å². The van der Waals surface area contributed by atoms with Gasteiger partial charge in [0.15, 0.2) is 0 Å². The van der Waals surface area contributed by atoms with Crippen LogP contribution in [0.25, 0.3) is 0 Å². The Kier molecular flexibility index (Phi) is 5.71. The number of hydrogen-bond acceptors (Lipinski definition) is 2. The lowest BCUT2D eigenvalue weighted by molar-refractivity contribution is 0.209. The van der Waals surface area contributed by atoms with Gasteiger partial charge >= 0.3 is 0 Å². The largest absolute Gasteiger partial charge is 0.387 e. The first-order valence-electron chi connectivity index (χ1n) is 5.07. The van der Waals surface area contributed by atoms with Crippen LogP contribution in [0.1, 0.15) is 34.1 Å². The van der Waals surface area contributed by atoms with E-state index in [1.165, 1.54) is 0 Å². The Balaban J connectivity index is 4.01. The van der Waals surface area contributed by atoms with Gasteiger partial charge in [-0.2, -0.15) is 0 Å². The van der Waals surface area contributed by atoms with Gasteiger partial charge in [0.05, 0.1) is 5.84 Å². The molecule has 0 aliphatic carbocycles. The minimum Gasteiger partial charge on any atom is -0.387 e. The maximum atomic E-state index is 7.32. The van der Waals surface area contributed by atoms with E-state index in [0.29, 0.717) is 11.9 Å². The Hall–Kier alpha value is -0.570. The molecule has 0 spiro atoms. The van der Waals surface area contributed by atoms with Gasteiger partial charge < -0.3 is 10.6 Å². The normalized spacial score (nSPS) is 13.7. The van der Waals surface area contributed by atoms with E-state index in [-0.39, 0.29) is 5.92 Å². The molecule has 0 bridgehead atoms. The lowest BCUT2D eigenvalue weighted by atomic mass is 10.1. The van der Waals surface area contributed by atoms with Crippen LogP contribution in [-0.2, 0) is 0 Å². The molecule has 0 aromatic carbocycles. The summed E-state index contributed by atoms with van der Waals surface area (Å²) in [5.41, 5.74) is 5.44. The first kappa shape index (κ1) is 12.4. The van der Waals surface area contributed by atoms with Crippen LogP contribution in [-0.4, -0.2) is 29.9 Å². The van der Waals surface area contributed by atoms with Gasteiger partial charge in [-0.05, 0) is 26.8 Å². The van der Waals surface area contributed by atoms with E-state index < -0.39 is 0 Å². The second-order valence-corrected chi connectivity index (χ2v) is 3.95. The van der Waals surface area contributed by atoms with E-state index in [0.717, 1.165) is 19.5 Å². The zero-order valence-electron chi connectivity index (χ0n) is 9.30. The summed E-state index contributed by atoms with van der Waals surface area (Å²) in [4.78, 5) is 2.37. The molecule has 0 saturated heterocycles. The van der Waals surface area contributed by atoms with Crippen LogP contribution in [0.3, 0.4) is 0 Å². The van der Waals surface area contributed by atoms with Crippen LogP contribution in [0.4, 0.5) is 0 Å². The minimum atomic E-state index is 0.175. The molecule has 13 heavy (non-hydrogen) atoms. The fourth-order valence-electron chi connectivity index (χ4n) is 1.30. The molecule has 1 unspecified atom stereocenters. The van der Waals surface area contributed by atoms with Crippen molar-refractivity contribution in [3.05, 3.63) is 0 Å². The van der Waals surface area contributed by atoms with Gasteiger partial charge in [-0.25, -0.2) is 0 Å². The number of nitrogens with zero attached hydrogens (tertiary/aromatic N) is 1. The Morgan fingerprint density at radius 2 is 1.92 bits per heavy atom. The number of amidine groups is 1. The quantitative estimate of drug-likeness (QED) is 0.488. The van der Waals surface area contributed by atoms with Gasteiger partial charge in [-0.15, -0.1) is 0 Å². The summed E-state index contributed by atoms with van der Waals surface area (Å²) in [6.07, 6.45) is 1.16. The fraction of sp³-hybridized carbons (Fsp3) is 0.900. The molecule has 0 radical (unpaired) electrons. The monoisotopic (exact) mass is 185 g/mol. The molecule has 0 rings (SSSR count). The molecular formula is C10H23N3. The van der Waals surface area contributed by atoms with Gasteiger partial charge in [-0.1, -0.05) is 13.8 Å². The molecule has 0 fully saturated rings. The number of nitrogens with one attached hydrogen (secondary N) is 1. The molecule has 3 nitrogen and oxygen atoms in total. The fourth-order valence-corrected chi connectivity index (χ4v) is 1.30. The molecule has 0 heterocycles. The summed E-state index contributed by atoms with van der Waals surface area (Å²) in [6, 6.07) is 0.543. The molecule has 0 aromatic rings. The third-order valence-corrected chi connectivity index (χ3v) is 2.28. The summed E-state index contributed by atoms with van der Waals surface area (Å²) in [7, 11) is 0. The topological polar surface area (TPSA) is 53.1 Å². The van der Waals surface area contributed by atoms with Crippen LogP contribution >= 0.6 is 0 Å². The highest BCUT2D eigenvalue weighted by Crippen LogP contribution is 2.05. The van der Waals surface area contributed by atoms with E-state index in [9.17, 15) is 0 Å². The summed E-state index contributed by atoms with van der Waals surface area (Å²) < 4.78 is 0. The van der Waals surface area contributed by atoms with E-state index in [2.05, 4.69) is 25.7 Å². The first-order valence-corrected chi connectivity index (χ1v) is 5.07. The summed E-state index contributed by atoms with van der Waals surface area (Å²) >= 11 is 0. The van der Waals surface area contributed by atoms with Crippen molar-refractivity contribution in [1.82, 2.24) is 4.90 Å². The molecule has 3 N–H and O–H groups in total. The molecule has 1 atom stereocenters. The van der Waals surface area contributed by atoms with Gasteiger partial charge in [0.2, 0.25) is 0 Å². The first-order chi connectivity index (χ1) is 5.99. The second kappa shape index (κ2) is 5.97. The van der Waals surface area contributed by atoms with Crippen LogP contribution < -0.4 is 5.73 Å². The Bertz CT molecular complexity index is 154. The van der Waals surface area contributed by atoms with Crippen molar-refractivity contribution >= 4 is 5.84 Å². The molecule has 78 valence electrons. The lowest BCUT2D eigenvalue weighted by Crippen LogP contribution is -2.39. The molecule has 0 aromatic heterocycles. The summed E-state index contributed by atoms with van der Waals surface area (Å²) in [6.45, 7) is 10.5. The van der Waals surface area contributed by atoms with Crippen molar-refractivity contribution in [2.75, 3.05) is 13.1 Å². The Morgan fingerprint density at radius 3 is 2.23 bits per heavy atom. The van der Waals surface area contributed by atoms with E-state index >= 15 is 0 Å². The van der Waals surface area contributed by atoms with Gasteiger partial charge in [0.25, 0.3) is 0 Å². The van der Waals surface area contributed by atoms with Crippen LogP contribution in [0.5, 0.6) is 0 Å². The SMILES string of the molecule is CCCN(CC(C)C(=N)N)C(C)C.